The van der Waals surface area contributed by atoms with Crippen LogP contribution in [0, 0.1) is 0 Å². The summed E-state index contributed by atoms with van der Waals surface area (Å²) in [5.74, 6) is -0.635. The van der Waals surface area contributed by atoms with Crippen molar-refractivity contribution in [1.82, 2.24) is 0 Å². The second-order valence-electron chi connectivity index (χ2n) is 3.04. The van der Waals surface area contributed by atoms with E-state index in [-0.39, 0.29) is 0 Å². The van der Waals surface area contributed by atoms with Crippen LogP contribution in [0.3, 0.4) is 0 Å². The number of aliphatic hydroxyl groups is 1. The fraction of sp³-hybridized carbons (Fsp3) is 0.364. The van der Waals surface area contributed by atoms with Crippen molar-refractivity contribution in [2.75, 3.05) is 19.6 Å². The maximum Gasteiger partial charge on any atom is 0.339 e. The van der Waals surface area contributed by atoms with Gasteiger partial charge in [-0.2, -0.15) is 0 Å². The summed E-state index contributed by atoms with van der Waals surface area (Å²) in [6.45, 7) is 0. The lowest BCUT2D eigenvalue weighted by Gasteiger charge is -2.11. The van der Waals surface area contributed by atoms with Gasteiger partial charge in [-0.05, 0) is 30.2 Å². The van der Waals surface area contributed by atoms with Crippen LogP contribution in [0.5, 0.6) is 0 Å². The van der Waals surface area contributed by atoms with E-state index in [0.29, 0.717) is 5.56 Å². The SMILES string of the molecule is COC(=O)C(O)c1ccc(SC)c(SC)c1. The smallest absolute Gasteiger partial charge is 0.339 e. The number of esters is 1. The highest BCUT2D eigenvalue weighted by Crippen LogP contribution is 2.30. The Kier molecular flexibility index (Phi) is 5.18. The van der Waals surface area contributed by atoms with Gasteiger partial charge in [0, 0.05) is 9.79 Å². The van der Waals surface area contributed by atoms with Crippen LogP contribution >= 0.6 is 23.5 Å². The molecular weight excluding hydrogens is 244 g/mol. The number of carbonyl (C=O) groups is 1. The van der Waals surface area contributed by atoms with Crippen molar-refractivity contribution in [1.29, 1.82) is 0 Å². The first kappa shape index (κ1) is 13.4. The molecule has 1 aromatic carbocycles. The third kappa shape index (κ3) is 2.93. The molecule has 0 fully saturated rings. The molecule has 0 spiro atoms. The number of benzene rings is 1. The molecule has 88 valence electrons. The molecular formula is C11H14O3S2. The number of hydrogen-bond acceptors (Lipinski definition) is 5. The average Bonchev–Trinajstić information content (AvgIpc) is 2.35. The number of thioether (sulfide) groups is 2. The van der Waals surface area contributed by atoms with Crippen LogP contribution in [0.25, 0.3) is 0 Å². The molecule has 3 nitrogen and oxygen atoms in total. The van der Waals surface area contributed by atoms with Crippen molar-refractivity contribution in [3.05, 3.63) is 23.8 Å². The minimum atomic E-state index is -1.20. The van der Waals surface area contributed by atoms with E-state index in [1.165, 1.54) is 7.11 Å². The molecule has 0 aromatic heterocycles. The van der Waals surface area contributed by atoms with Gasteiger partial charge in [-0.15, -0.1) is 23.5 Å². The third-order valence-electron chi connectivity index (χ3n) is 2.15. The lowest BCUT2D eigenvalue weighted by molar-refractivity contribution is -0.150. The number of ether oxygens (including phenoxy) is 1. The molecule has 0 aliphatic heterocycles. The first-order valence-electron chi connectivity index (χ1n) is 4.61. The quantitative estimate of drug-likeness (QED) is 0.663. The maximum absolute atomic E-state index is 11.2. The molecule has 1 N–H and O–H groups in total. The summed E-state index contributed by atoms with van der Waals surface area (Å²) in [4.78, 5) is 13.4. The van der Waals surface area contributed by atoms with E-state index in [9.17, 15) is 9.90 Å². The highest BCUT2D eigenvalue weighted by atomic mass is 32.2. The molecule has 0 aliphatic rings. The molecule has 0 bridgehead atoms. The van der Waals surface area contributed by atoms with Crippen LogP contribution in [-0.2, 0) is 9.53 Å². The molecule has 1 rings (SSSR count). The number of hydrogen-bond donors (Lipinski definition) is 1. The zero-order valence-electron chi connectivity index (χ0n) is 9.39. The Hall–Kier alpha value is -0.650. The van der Waals surface area contributed by atoms with Crippen LogP contribution < -0.4 is 0 Å². The Morgan fingerprint density at radius 2 is 1.94 bits per heavy atom. The molecule has 0 heterocycles. The molecule has 0 aliphatic carbocycles. The van der Waals surface area contributed by atoms with Gasteiger partial charge in [0.15, 0.2) is 6.10 Å². The first-order valence-corrected chi connectivity index (χ1v) is 7.06. The molecule has 0 saturated carbocycles. The largest absolute Gasteiger partial charge is 0.467 e. The summed E-state index contributed by atoms with van der Waals surface area (Å²) in [7, 11) is 1.26. The van der Waals surface area contributed by atoms with Gasteiger partial charge < -0.3 is 9.84 Å². The van der Waals surface area contributed by atoms with Crippen molar-refractivity contribution in [2.45, 2.75) is 15.9 Å². The summed E-state index contributed by atoms with van der Waals surface area (Å²) < 4.78 is 4.50. The number of carbonyl (C=O) groups excluding carboxylic acids is 1. The van der Waals surface area contributed by atoms with Crippen LogP contribution in [0.2, 0.25) is 0 Å². The average molecular weight is 258 g/mol. The normalized spacial score (nSPS) is 12.2. The molecule has 1 aromatic rings. The molecule has 0 saturated heterocycles. The van der Waals surface area contributed by atoms with E-state index in [1.54, 1.807) is 29.6 Å². The van der Waals surface area contributed by atoms with E-state index < -0.39 is 12.1 Å². The third-order valence-corrected chi connectivity index (χ3v) is 3.85. The topological polar surface area (TPSA) is 46.5 Å². The zero-order valence-corrected chi connectivity index (χ0v) is 11.0. The minimum Gasteiger partial charge on any atom is -0.467 e. The van der Waals surface area contributed by atoms with Gasteiger partial charge in [0.25, 0.3) is 0 Å². The van der Waals surface area contributed by atoms with Gasteiger partial charge in [0.1, 0.15) is 0 Å². The molecule has 0 amide bonds. The second kappa shape index (κ2) is 6.18. The van der Waals surface area contributed by atoms with Gasteiger partial charge in [0.05, 0.1) is 7.11 Å². The van der Waals surface area contributed by atoms with E-state index in [1.807, 2.05) is 24.6 Å². The summed E-state index contributed by atoms with van der Waals surface area (Å²) >= 11 is 3.22. The highest BCUT2D eigenvalue weighted by Gasteiger charge is 2.18. The fourth-order valence-corrected chi connectivity index (χ4v) is 2.76. The Bertz CT molecular complexity index is 379. The molecule has 5 heteroatoms. The van der Waals surface area contributed by atoms with Gasteiger partial charge in [-0.1, -0.05) is 6.07 Å². The molecule has 16 heavy (non-hydrogen) atoms. The van der Waals surface area contributed by atoms with Gasteiger partial charge >= 0.3 is 5.97 Å². The molecule has 1 unspecified atom stereocenters. The van der Waals surface area contributed by atoms with Crippen molar-refractivity contribution in [3.8, 4) is 0 Å². The minimum absolute atomic E-state index is 0.564. The summed E-state index contributed by atoms with van der Waals surface area (Å²) in [6.07, 6.45) is 2.75. The lowest BCUT2D eigenvalue weighted by atomic mass is 10.1. The van der Waals surface area contributed by atoms with E-state index in [2.05, 4.69) is 4.74 Å². The van der Waals surface area contributed by atoms with Gasteiger partial charge in [0.2, 0.25) is 0 Å². The van der Waals surface area contributed by atoms with E-state index in [0.717, 1.165) is 9.79 Å². The molecule has 0 radical (unpaired) electrons. The monoisotopic (exact) mass is 258 g/mol. The molecule has 1 atom stereocenters. The Labute approximate surface area is 104 Å². The van der Waals surface area contributed by atoms with Crippen molar-refractivity contribution in [3.63, 3.8) is 0 Å². The zero-order chi connectivity index (χ0) is 12.1. The number of rotatable bonds is 4. The van der Waals surface area contributed by atoms with Crippen LogP contribution in [0.4, 0.5) is 0 Å². The summed E-state index contributed by atoms with van der Waals surface area (Å²) in [5.41, 5.74) is 0.564. The van der Waals surface area contributed by atoms with Crippen molar-refractivity contribution >= 4 is 29.5 Å². The van der Waals surface area contributed by atoms with E-state index >= 15 is 0 Å². The van der Waals surface area contributed by atoms with Crippen LogP contribution in [0.15, 0.2) is 28.0 Å². The van der Waals surface area contributed by atoms with E-state index in [4.69, 9.17) is 0 Å². The van der Waals surface area contributed by atoms with Crippen LogP contribution in [0.1, 0.15) is 11.7 Å². The fourth-order valence-electron chi connectivity index (χ4n) is 1.27. The van der Waals surface area contributed by atoms with Crippen molar-refractivity contribution < 1.29 is 14.6 Å². The Morgan fingerprint density at radius 1 is 1.31 bits per heavy atom. The van der Waals surface area contributed by atoms with Crippen LogP contribution in [-0.4, -0.2) is 30.7 Å². The van der Waals surface area contributed by atoms with Crippen molar-refractivity contribution in [2.24, 2.45) is 0 Å². The first-order chi connectivity index (χ1) is 7.63. The predicted octanol–water partition coefficient (Wildman–Crippen LogP) is 2.34. The number of aliphatic hydroxyl groups excluding tert-OH is 1. The second-order valence-corrected chi connectivity index (χ2v) is 4.74. The lowest BCUT2D eigenvalue weighted by Crippen LogP contribution is -2.13. The summed E-state index contributed by atoms with van der Waals surface area (Å²) in [6, 6.07) is 5.46. The summed E-state index contributed by atoms with van der Waals surface area (Å²) in [5, 5.41) is 9.68. The number of methoxy groups -OCH3 is 1. The maximum atomic E-state index is 11.2. The standard InChI is InChI=1S/C11H14O3S2/c1-14-11(13)10(12)7-4-5-8(15-2)9(6-7)16-3/h4-6,10,12H,1-3H3. The Balaban J connectivity index is 3.03. The predicted molar refractivity (Wildman–Crippen MR) is 67.0 cm³/mol. The van der Waals surface area contributed by atoms with Gasteiger partial charge in [-0.25, -0.2) is 4.79 Å². The Morgan fingerprint density at radius 3 is 2.44 bits per heavy atom. The highest BCUT2D eigenvalue weighted by molar-refractivity contribution is 8.01. The van der Waals surface area contributed by atoms with Gasteiger partial charge in [-0.3, -0.25) is 0 Å².